The molecule has 33 heteroatoms. The number of ether oxygens (including phenoxy) is 1. The van der Waals surface area contributed by atoms with Crippen molar-refractivity contribution in [1.82, 2.24) is 9.88 Å². The molecule has 1 aliphatic carbocycles. The topological polar surface area (TPSA) is 432 Å². The number of aliphatic hydroxyl groups is 2. The fraction of sp³-hybridized carbons (Fsp3) is 0.426. The van der Waals surface area contributed by atoms with Crippen molar-refractivity contribution in [2.24, 2.45) is 0 Å². The molecule has 0 radical (unpaired) electrons. The zero-order valence-electron chi connectivity index (χ0n) is 47.6. The Morgan fingerprint density at radius 2 is 1.43 bits per heavy atom. The summed E-state index contributed by atoms with van der Waals surface area (Å²) in [6.45, 7) is 6.44. The molecule has 476 valence electrons. The molecule has 7 rings (SSSR count). The van der Waals surface area contributed by atoms with Gasteiger partial charge in [0.15, 0.2) is 5.71 Å². The van der Waals surface area contributed by atoms with Crippen molar-refractivity contribution in [2.45, 2.75) is 135 Å². The van der Waals surface area contributed by atoms with E-state index < -0.39 is 101 Å². The number of rotatable bonds is 27. The van der Waals surface area contributed by atoms with Gasteiger partial charge in [0.25, 0.3) is 20.2 Å². The van der Waals surface area contributed by atoms with Gasteiger partial charge < -0.3 is 53.8 Å². The Labute approximate surface area is 504 Å². The smallest absolute Gasteiger partial charge is 0.373 e. The van der Waals surface area contributed by atoms with Crippen LogP contribution in [-0.4, -0.2) is 139 Å². The Hall–Kier alpha value is -5.57. The van der Waals surface area contributed by atoms with Crippen molar-refractivity contribution in [3.63, 3.8) is 0 Å². The summed E-state index contributed by atoms with van der Waals surface area (Å²) < 4.78 is 174. The lowest BCUT2D eigenvalue weighted by atomic mass is 9.81. The Bertz CT molecular complexity index is 4030. The summed E-state index contributed by atoms with van der Waals surface area (Å²) in [7, 11) is -30.1. The van der Waals surface area contributed by atoms with Gasteiger partial charge in [-0.1, -0.05) is 19.9 Å². The van der Waals surface area contributed by atoms with Crippen LogP contribution in [-0.2, 0) is 78.3 Å². The number of nitrogens with zero attached hydrogens (tertiary/aromatic N) is 4. The fourth-order valence-corrected chi connectivity index (χ4v) is 14.9. The maximum absolute atomic E-state index is 12.9. The van der Waals surface area contributed by atoms with E-state index in [1.54, 1.807) is 6.07 Å². The summed E-state index contributed by atoms with van der Waals surface area (Å²) >= 11 is 0. The van der Waals surface area contributed by atoms with E-state index in [1.165, 1.54) is 71.6 Å². The molecule has 87 heavy (non-hydrogen) atoms. The number of fused-ring (bicyclic) bond motifs is 2. The Morgan fingerprint density at radius 1 is 0.793 bits per heavy atom. The van der Waals surface area contributed by atoms with Gasteiger partial charge in [0.2, 0.25) is 17.9 Å². The number of unbranched alkanes of at least 4 members (excludes halogenated alkanes) is 3. The van der Waals surface area contributed by atoms with E-state index in [-0.39, 0.29) is 54.4 Å². The second-order valence-electron chi connectivity index (χ2n) is 22.4. The van der Waals surface area contributed by atoms with Gasteiger partial charge in [-0.3, -0.25) is 23.0 Å². The van der Waals surface area contributed by atoms with Crippen molar-refractivity contribution >= 4 is 78.7 Å². The number of allylic oxidation sites excluding steroid dienone is 7. The van der Waals surface area contributed by atoms with Gasteiger partial charge >= 0.3 is 20.3 Å². The lowest BCUT2D eigenvalue weighted by Gasteiger charge is -2.28. The van der Waals surface area contributed by atoms with Crippen molar-refractivity contribution in [3.05, 3.63) is 137 Å². The lowest BCUT2D eigenvalue weighted by Crippen LogP contribution is -2.43. The Kier molecular flexibility index (Phi) is 20.7. The van der Waals surface area contributed by atoms with Crippen molar-refractivity contribution in [3.8, 4) is 5.75 Å². The average molecular weight is 1330 g/mol. The summed E-state index contributed by atoms with van der Waals surface area (Å²) in [6, 6.07) is 13.4. The van der Waals surface area contributed by atoms with E-state index >= 15 is 0 Å². The third-order valence-electron chi connectivity index (χ3n) is 15.4. The van der Waals surface area contributed by atoms with E-state index in [4.69, 9.17) is 4.74 Å². The lowest BCUT2D eigenvalue weighted by molar-refractivity contribution is -0.702. The highest BCUT2D eigenvalue weighted by molar-refractivity contribution is 7.86. The zero-order valence-corrected chi connectivity index (χ0v) is 52.7. The van der Waals surface area contributed by atoms with E-state index in [1.807, 2.05) is 61.5 Å². The van der Waals surface area contributed by atoms with Gasteiger partial charge in [0.1, 0.15) is 59.8 Å². The molecular weight excluding hydrogens is 1260 g/mol. The molecule has 2 aliphatic heterocycles. The van der Waals surface area contributed by atoms with Crippen LogP contribution in [0.5, 0.6) is 5.75 Å². The first kappa shape index (κ1) is 68.9. The zero-order chi connectivity index (χ0) is 64.5. The number of imidazole rings is 1. The Balaban J connectivity index is 1.16. The summed E-state index contributed by atoms with van der Waals surface area (Å²) in [5, 5.41) is 19.8. The van der Waals surface area contributed by atoms with Crippen LogP contribution in [0.2, 0.25) is 0 Å². The summed E-state index contributed by atoms with van der Waals surface area (Å²) in [4.78, 5) is 51.6. The first-order valence-corrected chi connectivity index (χ1v) is 36.2. The molecular formula is C54H69N5O22P2S4. The first-order chi connectivity index (χ1) is 40.1. The molecule has 9 N–H and O–H groups in total. The van der Waals surface area contributed by atoms with Gasteiger partial charge in [0.05, 0.1) is 30.2 Å². The van der Waals surface area contributed by atoms with Crippen LogP contribution < -0.4 is 19.5 Å². The van der Waals surface area contributed by atoms with Crippen LogP contribution in [0.3, 0.4) is 0 Å². The highest BCUT2D eigenvalue weighted by atomic mass is 32.2. The van der Waals surface area contributed by atoms with Crippen LogP contribution in [0, 0.1) is 0 Å². The number of carbonyl (C=O) groups excluding carboxylic acids is 1. The number of benzene rings is 3. The minimum Gasteiger partial charge on any atom is -0.748 e. The summed E-state index contributed by atoms with van der Waals surface area (Å²) in [5.74, 6) is -0.440. The van der Waals surface area contributed by atoms with Crippen molar-refractivity contribution in [1.29, 1.82) is 0 Å². The quantitative estimate of drug-likeness (QED) is 0.0174. The number of amides is 1. The molecule has 0 saturated carbocycles. The number of aliphatic hydroxyl groups excluding tert-OH is 1. The van der Waals surface area contributed by atoms with Crippen LogP contribution in [0.1, 0.15) is 96.6 Å². The Morgan fingerprint density at radius 3 is 2.05 bits per heavy atom. The van der Waals surface area contributed by atoms with E-state index in [0.717, 1.165) is 10.9 Å². The van der Waals surface area contributed by atoms with Crippen molar-refractivity contribution in [2.75, 3.05) is 30.3 Å². The average Bonchev–Trinajstić information content (AvgIpc) is 1.68. The van der Waals surface area contributed by atoms with Gasteiger partial charge in [0, 0.05) is 66.2 Å². The third-order valence-corrected chi connectivity index (χ3v) is 22.4. The number of carbonyl (C=O) groups is 1. The van der Waals surface area contributed by atoms with Crippen LogP contribution in [0.15, 0.2) is 141 Å². The maximum atomic E-state index is 12.9. The molecule has 1 amide bonds. The normalized spacial score (nSPS) is 18.0. The minimum absolute atomic E-state index is 0.0299. The molecule has 1 atom stereocenters. The fourth-order valence-electron chi connectivity index (χ4n) is 10.8. The van der Waals surface area contributed by atoms with E-state index in [0.29, 0.717) is 95.9 Å². The molecule has 0 spiro atoms. The highest BCUT2D eigenvalue weighted by Gasteiger charge is 2.61. The van der Waals surface area contributed by atoms with Crippen LogP contribution in [0.25, 0.3) is 0 Å². The monoisotopic (exact) mass is 1330 g/mol. The van der Waals surface area contributed by atoms with Crippen LogP contribution >= 0.6 is 15.2 Å². The summed E-state index contributed by atoms with van der Waals surface area (Å²) in [5.41, 5.74) is 3.09. The van der Waals surface area contributed by atoms with Gasteiger partial charge in [-0.15, -0.1) is 0 Å². The molecule has 0 fully saturated rings. The number of anilines is 1. The van der Waals surface area contributed by atoms with Gasteiger partial charge in [-0.2, -0.15) is 21.4 Å². The number of hydrogen-bond acceptors (Lipinski definition) is 17. The first-order valence-electron chi connectivity index (χ1n) is 27.1. The molecule has 4 aromatic rings. The predicted molar refractivity (Wildman–Crippen MR) is 312 cm³/mol. The molecule has 3 aliphatic rings. The number of hydrogen-bond donors (Lipinski definition) is 9. The second kappa shape index (κ2) is 26.1. The van der Waals surface area contributed by atoms with Gasteiger partial charge in [-0.05, 0) is 142 Å². The number of aromatic nitrogens is 2. The second-order valence-corrected chi connectivity index (χ2v) is 32.2. The highest BCUT2D eigenvalue weighted by Crippen LogP contribution is 2.68. The van der Waals surface area contributed by atoms with Crippen molar-refractivity contribution < 1.29 is 109 Å². The molecule has 27 nitrogen and oxygen atoms in total. The molecule has 1 unspecified atom stereocenters. The molecule has 1 aromatic heterocycles. The van der Waals surface area contributed by atoms with Crippen LogP contribution in [0.4, 0.5) is 11.4 Å². The predicted octanol–water partition coefficient (Wildman–Crippen LogP) is 4.30. The molecule has 3 heterocycles. The number of nitrogens with one attached hydrogen (secondary N) is 1. The van der Waals surface area contributed by atoms with Gasteiger partial charge in [-0.25, -0.2) is 26.0 Å². The maximum Gasteiger partial charge on any atom is 0.373 e. The van der Waals surface area contributed by atoms with E-state index in [9.17, 15) is 95.6 Å². The molecule has 3 aromatic carbocycles. The SMILES string of the molecule is CC1(C)C(=CC=C2CCCC(C=CC3=[N+](CCCCCC(=O)NCC(O)C[n+]4ccn(CC(O)(P(=O)(O)O)P(=O)(O)O)c4)c4ccc(S(=O)(=O)O)cc4C3(C)C)=C2Oc2ccc(S(=O)(=O)O)cc2)N(CCCCS(=O)(=O)[O-])c2ccc(S(=O)(=O)[O-])cc21. The third kappa shape index (κ3) is 16.4. The molecule has 0 bridgehead atoms. The minimum atomic E-state index is -5.73. The standard InChI is InChI=1S/C54H69N5O22P2S4/c1-52(2)44-31-42(86(75,76)77)20-22-46(44)58(26-7-5-6-13-50(61)55-33-39(60)34-56-28-29-57(36-56)35-54(62,82(63,64)65)83(66,67)68)48(52)24-14-37-11-10-12-38(51(37)81-40-16-18-41(19-17-40)85(72,73)74)15-25-49-53(3,4)45-32-43(87(78,79)80)21-23-47(45)59(49)27-8-9-30-84(69,70)71/h14-25,28-29,31-32,36,39,60,62H,5-13,26-27,30,33-35H2,1-4H3,(H7-2,55,61,63,64,65,66,67,68,69,70,71,72,73,74,75,76,77,78,79,80). The summed E-state index contributed by atoms with van der Waals surface area (Å²) in [6.07, 6.45) is 13.0. The largest absolute Gasteiger partial charge is 0.748 e. The van der Waals surface area contributed by atoms with E-state index in [2.05, 4.69) is 5.32 Å². The molecule has 0 saturated heterocycles.